The monoisotopic (exact) mass is 156 g/mol. The van der Waals surface area contributed by atoms with E-state index in [9.17, 15) is 0 Å². The van der Waals surface area contributed by atoms with Crippen molar-refractivity contribution in [2.45, 2.75) is 32.0 Å². The summed E-state index contributed by atoms with van der Waals surface area (Å²) in [6.45, 7) is -1.09. The maximum atomic E-state index is 7.36. The van der Waals surface area contributed by atoms with Crippen molar-refractivity contribution in [2.75, 3.05) is 13.2 Å². The van der Waals surface area contributed by atoms with Gasteiger partial charge in [-0.2, -0.15) is 0 Å². The lowest BCUT2D eigenvalue weighted by atomic mass is 10.2. The molecule has 0 bridgehead atoms. The van der Waals surface area contributed by atoms with Gasteiger partial charge in [0, 0.05) is 13.0 Å². The number of hydrogen-bond donors (Lipinski definition) is 0. The molecule has 62 valence electrons. The van der Waals surface area contributed by atoms with Crippen molar-refractivity contribution in [3.8, 4) is 12.3 Å². The van der Waals surface area contributed by atoms with Gasteiger partial charge in [-0.05, 0) is 19.3 Å². The molecule has 0 saturated carbocycles. The first-order chi connectivity index (χ1) is 6.14. The van der Waals surface area contributed by atoms with Crippen LogP contribution in [0.2, 0.25) is 0 Å². The Morgan fingerprint density at radius 3 is 3.36 bits per heavy atom. The van der Waals surface area contributed by atoms with Crippen LogP contribution in [0, 0.1) is 12.3 Å². The van der Waals surface area contributed by atoms with E-state index in [1.807, 2.05) is 0 Å². The van der Waals surface area contributed by atoms with Gasteiger partial charge in [0.1, 0.15) is 0 Å². The Bertz CT molecular complexity index is 198. The molecule has 1 saturated heterocycles. The van der Waals surface area contributed by atoms with Gasteiger partial charge in [-0.1, -0.05) is 0 Å². The molecule has 1 heterocycles. The second kappa shape index (κ2) is 5.17. The molecule has 0 aromatic rings. The fourth-order valence-electron chi connectivity index (χ4n) is 0.918. The van der Waals surface area contributed by atoms with Crippen LogP contribution in [-0.4, -0.2) is 19.5 Å². The molecule has 0 aromatic heterocycles. The van der Waals surface area contributed by atoms with E-state index >= 15 is 0 Å². The zero-order chi connectivity index (χ0) is 9.73. The Hall–Kier alpha value is -0.520. The lowest BCUT2D eigenvalue weighted by Gasteiger charge is -2.22. The topological polar surface area (TPSA) is 18.5 Å². The molecule has 1 unspecified atom stereocenters. The minimum Gasteiger partial charge on any atom is -0.353 e. The summed E-state index contributed by atoms with van der Waals surface area (Å²) >= 11 is 0. The highest BCUT2D eigenvalue weighted by atomic mass is 16.7. The van der Waals surface area contributed by atoms with Gasteiger partial charge >= 0.3 is 0 Å². The summed E-state index contributed by atoms with van der Waals surface area (Å²) in [4.78, 5) is 0. The number of hydrogen-bond acceptors (Lipinski definition) is 2. The molecule has 1 fully saturated rings. The van der Waals surface area contributed by atoms with Gasteiger partial charge in [-0.25, -0.2) is 0 Å². The third kappa shape index (κ3) is 3.41. The van der Waals surface area contributed by atoms with Crippen molar-refractivity contribution >= 4 is 0 Å². The minimum atomic E-state index is -1.53. The van der Waals surface area contributed by atoms with Crippen LogP contribution in [0.15, 0.2) is 0 Å². The van der Waals surface area contributed by atoms with Crippen LogP contribution in [-0.2, 0) is 9.47 Å². The molecule has 1 rings (SSSR count). The first-order valence-corrected chi connectivity index (χ1v) is 3.87. The largest absolute Gasteiger partial charge is 0.353 e. The van der Waals surface area contributed by atoms with Crippen LogP contribution in [0.25, 0.3) is 0 Å². The smallest absolute Gasteiger partial charge is 0.157 e. The van der Waals surface area contributed by atoms with Crippen molar-refractivity contribution in [3.05, 3.63) is 0 Å². The third-order valence-electron chi connectivity index (χ3n) is 1.48. The molecule has 0 amide bonds. The Kier molecular flexibility index (Phi) is 2.84. The highest BCUT2D eigenvalue weighted by molar-refractivity contribution is 4.82. The number of rotatable bonds is 3. The molecule has 0 aromatic carbocycles. The zero-order valence-corrected chi connectivity index (χ0v) is 6.51. The van der Waals surface area contributed by atoms with E-state index in [1.165, 1.54) is 0 Å². The van der Waals surface area contributed by atoms with Crippen LogP contribution in [0.3, 0.4) is 0 Å². The molecule has 0 spiro atoms. The predicted octanol–water partition coefficient (Wildman–Crippen LogP) is 1.55. The van der Waals surface area contributed by atoms with Crippen molar-refractivity contribution < 1.29 is 12.2 Å². The van der Waals surface area contributed by atoms with Gasteiger partial charge in [0.15, 0.2) is 6.29 Å². The molecule has 0 radical (unpaired) electrons. The first-order valence-electron chi connectivity index (χ1n) is 4.87. The molecule has 2 nitrogen and oxygen atoms in total. The van der Waals surface area contributed by atoms with Crippen LogP contribution in [0.5, 0.6) is 0 Å². The number of terminal acetylenes is 1. The molecule has 0 aliphatic carbocycles. The summed E-state index contributed by atoms with van der Waals surface area (Å²) in [6, 6.07) is 0. The molecule has 11 heavy (non-hydrogen) atoms. The van der Waals surface area contributed by atoms with Crippen LogP contribution in [0.1, 0.15) is 28.4 Å². The molecule has 1 atom stereocenters. The highest BCUT2D eigenvalue weighted by Gasteiger charge is 2.12. The molecule has 0 N–H and O–H groups in total. The summed E-state index contributed by atoms with van der Waals surface area (Å²) < 4.78 is 25.0. The van der Waals surface area contributed by atoms with Gasteiger partial charge in [0.25, 0.3) is 0 Å². The summed E-state index contributed by atoms with van der Waals surface area (Å²) in [5.41, 5.74) is 0. The van der Waals surface area contributed by atoms with E-state index in [2.05, 4.69) is 5.92 Å². The standard InChI is InChI=1S/C9H14O2/c1-2-3-7-10-9-6-4-5-8-11-9/h1,9H,3-8H2/i8D2. The van der Waals surface area contributed by atoms with Crippen molar-refractivity contribution in [3.63, 3.8) is 0 Å². The molecule has 1 aliphatic heterocycles. The van der Waals surface area contributed by atoms with Gasteiger partial charge in [0.2, 0.25) is 0 Å². The fourth-order valence-corrected chi connectivity index (χ4v) is 0.918. The van der Waals surface area contributed by atoms with Gasteiger partial charge in [-0.3, -0.25) is 0 Å². The quantitative estimate of drug-likeness (QED) is 0.456. The van der Waals surface area contributed by atoms with Crippen LogP contribution in [0.4, 0.5) is 0 Å². The molecular formula is C9H14O2. The molecule has 1 aliphatic rings. The summed E-state index contributed by atoms with van der Waals surface area (Å²) in [5.74, 6) is 2.45. The van der Waals surface area contributed by atoms with Gasteiger partial charge < -0.3 is 9.47 Å². The SMILES string of the molecule is [2H]C1([2H])CCCC(OCCC#C)O1. The normalized spacial score (nSPS) is 31.7. The second-order valence-corrected chi connectivity index (χ2v) is 2.41. The van der Waals surface area contributed by atoms with Crippen LogP contribution >= 0.6 is 0 Å². The van der Waals surface area contributed by atoms with Crippen LogP contribution < -0.4 is 0 Å². The summed E-state index contributed by atoms with van der Waals surface area (Å²) in [6.07, 6.45) is 7.18. The Balaban J connectivity index is 2.23. The zero-order valence-electron chi connectivity index (χ0n) is 8.51. The fraction of sp³-hybridized carbons (Fsp3) is 0.778. The Morgan fingerprint density at radius 1 is 1.73 bits per heavy atom. The average Bonchev–Trinajstić information content (AvgIpc) is 2.03. The van der Waals surface area contributed by atoms with E-state index in [4.69, 9.17) is 18.6 Å². The Labute approximate surface area is 70.7 Å². The minimum absolute atomic E-state index is 0.419. The molecular weight excluding hydrogens is 140 g/mol. The summed E-state index contributed by atoms with van der Waals surface area (Å²) in [5, 5.41) is 0. The van der Waals surface area contributed by atoms with Gasteiger partial charge in [0.05, 0.1) is 9.35 Å². The van der Waals surface area contributed by atoms with E-state index in [1.54, 1.807) is 0 Å². The Morgan fingerprint density at radius 2 is 2.64 bits per heavy atom. The average molecular weight is 156 g/mol. The maximum Gasteiger partial charge on any atom is 0.157 e. The van der Waals surface area contributed by atoms with Crippen molar-refractivity contribution in [1.29, 1.82) is 0 Å². The first kappa shape index (κ1) is 6.05. The van der Waals surface area contributed by atoms with E-state index < -0.39 is 12.8 Å². The van der Waals surface area contributed by atoms with Crippen molar-refractivity contribution in [1.82, 2.24) is 0 Å². The van der Waals surface area contributed by atoms with E-state index in [0.717, 1.165) is 12.8 Å². The van der Waals surface area contributed by atoms with Gasteiger partial charge in [-0.15, -0.1) is 12.3 Å². The van der Waals surface area contributed by atoms with Crippen molar-refractivity contribution in [2.24, 2.45) is 0 Å². The lowest BCUT2D eigenvalue weighted by molar-refractivity contribution is -0.161. The highest BCUT2D eigenvalue weighted by Crippen LogP contribution is 2.13. The maximum absolute atomic E-state index is 7.36. The summed E-state index contributed by atoms with van der Waals surface area (Å²) in [7, 11) is 0. The molecule has 2 heteroatoms. The van der Waals surface area contributed by atoms with E-state index in [-0.39, 0.29) is 0 Å². The lowest BCUT2D eigenvalue weighted by Crippen LogP contribution is -2.22. The van der Waals surface area contributed by atoms with E-state index in [0.29, 0.717) is 19.4 Å². The predicted molar refractivity (Wildman–Crippen MR) is 43.0 cm³/mol. The number of ether oxygens (including phenoxy) is 2. The third-order valence-corrected chi connectivity index (χ3v) is 1.48. The second-order valence-electron chi connectivity index (χ2n) is 2.41.